The van der Waals surface area contributed by atoms with Crippen molar-refractivity contribution in [1.82, 2.24) is 0 Å². The van der Waals surface area contributed by atoms with E-state index >= 15 is 0 Å². The fraction of sp³-hybridized carbons (Fsp3) is 0.800. The van der Waals surface area contributed by atoms with E-state index in [4.69, 9.17) is 15.9 Å². The minimum absolute atomic E-state index is 1.03. The quantitative estimate of drug-likeness (QED) is 0.459. The van der Waals surface area contributed by atoms with Crippen LogP contribution < -0.4 is 5.73 Å². The summed E-state index contributed by atoms with van der Waals surface area (Å²) in [7, 11) is 0. The Bertz CT molecular complexity index is 119. The lowest BCUT2D eigenvalue weighted by Gasteiger charge is -2.21. The standard InChI is InChI=1S/C5H11NO3/c1-3(7)5(2,6)4(8)9/h3,7H,6H2,1-2H3,(H,8,9)/t3-,5?/m1/s1. The van der Waals surface area contributed by atoms with Crippen LogP contribution in [-0.4, -0.2) is 27.8 Å². The number of carbonyl (C=O) groups is 1. The molecule has 1 unspecified atom stereocenters. The molecule has 2 atom stereocenters. The second kappa shape index (κ2) is 2.33. The van der Waals surface area contributed by atoms with E-state index in [1.54, 1.807) is 0 Å². The first kappa shape index (κ1) is 8.39. The molecule has 0 aromatic carbocycles. The van der Waals surface area contributed by atoms with Crippen LogP contribution in [0.25, 0.3) is 0 Å². The van der Waals surface area contributed by atoms with Gasteiger partial charge in [-0.1, -0.05) is 0 Å². The molecule has 0 bridgehead atoms. The monoisotopic (exact) mass is 133 g/mol. The summed E-state index contributed by atoms with van der Waals surface area (Å²) in [6.45, 7) is 2.61. The molecule has 54 valence electrons. The van der Waals surface area contributed by atoms with E-state index in [0.29, 0.717) is 0 Å². The molecule has 0 aliphatic rings. The number of aliphatic hydroxyl groups excluding tert-OH is 1. The summed E-state index contributed by atoms with van der Waals surface area (Å²) in [5.41, 5.74) is 3.62. The van der Waals surface area contributed by atoms with Crippen molar-refractivity contribution < 1.29 is 15.0 Å². The smallest absolute Gasteiger partial charge is 0.326 e. The summed E-state index contributed by atoms with van der Waals surface area (Å²) >= 11 is 0. The third-order valence-corrected chi connectivity index (χ3v) is 1.33. The van der Waals surface area contributed by atoms with Crippen molar-refractivity contribution in [1.29, 1.82) is 0 Å². The Balaban J connectivity index is 4.19. The van der Waals surface area contributed by atoms with Crippen molar-refractivity contribution >= 4 is 5.97 Å². The van der Waals surface area contributed by atoms with Crippen molar-refractivity contribution in [2.45, 2.75) is 25.5 Å². The minimum atomic E-state index is -1.53. The van der Waals surface area contributed by atoms with E-state index < -0.39 is 17.6 Å². The van der Waals surface area contributed by atoms with Crippen LogP contribution in [0, 0.1) is 0 Å². The third-order valence-electron chi connectivity index (χ3n) is 1.33. The van der Waals surface area contributed by atoms with Crippen molar-refractivity contribution in [2.24, 2.45) is 5.73 Å². The number of carboxylic acid groups (broad SMARTS) is 1. The average molecular weight is 133 g/mol. The van der Waals surface area contributed by atoms with Crippen LogP contribution >= 0.6 is 0 Å². The van der Waals surface area contributed by atoms with Gasteiger partial charge in [-0.05, 0) is 13.8 Å². The van der Waals surface area contributed by atoms with E-state index in [-0.39, 0.29) is 0 Å². The second-order valence-corrected chi connectivity index (χ2v) is 2.26. The Morgan fingerprint density at radius 2 is 2.11 bits per heavy atom. The molecule has 4 nitrogen and oxygen atoms in total. The Morgan fingerprint density at radius 1 is 1.78 bits per heavy atom. The van der Waals surface area contributed by atoms with Crippen LogP contribution in [-0.2, 0) is 4.79 Å². The Labute approximate surface area is 53.3 Å². The molecule has 0 heterocycles. The van der Waals surface area contributed by atoms with Gasteiger partial charge < -0.3 is 15.9 Å². The van der Waals surface area contributed by atoms with E-state index in [1.807, 2.05) is 0 Å². The lowest BCUT2D eigenvalue weighted by molar-refractivity contribution is -0.146. The molecular weight excluding hydrogens is 122 g/mol. The van der Waals surface area contributed by atoms with Gasteiger partial charge in [-0.15, -0.1) is 0 Å². The van der Waals surface area contributed by atoms with Crippen LogP contribution in [0.4, 0.5) is 0 Å². The van der Waals surface area contributed by atoms with Crippen molar-refractivity contribution in [3.8, 4) is 0 Å². The van der Waals surface area contributed by atoms with Crippen molar-refractivity contribution in [3.05, 3.63) is 0 Å². The zero-order chi connectivity index (χ0) is 7.65. The molecule has 0 amide bonds. The highest BCUT2D eigenvalue weighted by molar-refractivity contribution is 5.78. The molecule has 0 aliphatic heterocycles. The number of nitrogens with two attached hydrogens (primary N) is 1. The fourth-order valence-corrected chi connectivity index (χ4v) is 0.179. The number of aliphatic carboxylic acids is 1. The first-order valence-electron chi connectivity index (χ1n) is 2.59. The summed E-state index contributed by atoms with van der Waals surface area (Å²) in [6, 6.07) is 0. The summed E-state index contributed by atoms with van der Waals surface area (Å²) in [5.74, 6) is -1.20. The van der Waals surface area contributed by atoms with Gasteiger partial charge >= 0.3 is 5.97 Å². The zero-order valence-electron chi connectivity index (χ0n) is 5.46. The van der Waals surface area contributed by atoms with E-state index in [1.165, 1.54) is 13.8 Å². The van der Waals surface area contributed by atoms with Gasteiger partial charge in [0.05, 0.1) is 6.10 Å². The summed E-state index contributed by atoms with van der Waals surface area (Å²) < 4.78 is 0. The van der Waals surface area contributed by atoms with Crippen LogP contribution in [0.5, 0.6) is 0 Å². The number of aliphatic hydroxyl groups is 1. The highest BCUT2D eigenvalue weighted by Crippen LogP contribution is 2.04. The highest BCUT2D eigenvalue weighted by atomic mass is 16.4. The Morgan fingerprint density at radius 3 is 2.11 bits per heavy atom. The van der Waals surface area contributed by atoms with E-state index in [0.717, 1.165) is 0 Å². The normalized spacial score (nSPS) is 20.4. The van der Waals surface area contributed by atoms with Gasteiger partial charge in [0, 0.05) is 0 Å². The predicted molar refractivity (Wildman–Crippen MR) is 31.9 cm³/mol. The molecule has 9 heavy (non-hydrogen) atoms. The van der Waals surface area contributed by atoms with Gasteiger partial charge in [0.1, 0.15) is 5.54 Å². The zero-order valence-corrected chi connectivity index (χ0v) is 5.46. The largest absolute Gasteiger partial charge is 0.480 e. The van der Waals surface area contributed by atoms with Crippen molar-refractivity contribution in [2.75, 3.05) is 0 Å². The molecule has 0 radical (unpaired) electrons. The maximum atomic E-state index is 10.2. The van der Waals surface area contributed by atoms with Gasteiger partial charge in [0.15, 0.2) is 0 Å². The number of carboxylic acids is 1. The van der Waals surface area contributed by atoms with Gasteiger partial charge in [0.2, 0.25) is 0 Å². The molecule has 0 aromatic rings. The number of hydrogen-bond acceptors (Lipinski definition) is 3. The first-order chi connectivity index (χ1) is 3.89. The Kier molecular flexibility index (Phi) is 2.17. The van der Waals surface area contributed by atoms with Crippen molar-refractivity contribution in [3.63, 3.8) is 0 Å². The molecule has 0 saturated heterocycles. The topological polar surface area (TPSA) is 83.5 Å². The van der Waals surface area contributed by atoms with E-state index in [9.17, 15) is 4.79 Å². The average Bonchev–Trinajstić information content (AvgIpc) is 1.65. The second-order valence-electron chi connectivity index (χ2n) is 2.26. The van der Waals surface area contributed by atoms with Gasteiger partial charge in [-0.2, -0.15) is 0 Å². The molecule has 4 heteroatoms. The van der Waals surface area contributed by atoms with Gasteiger partial charge in [-0.3, -0.25) is 4.79 Å². The minimum Gasteiger partial charge on any atom is -0.480 e. The molecule has 0 saturated carbocycles. The van der Waals surface area contributed by atoms with Crippen LogP contribution in [0.15, 0.2) is 0 Å². The number of rotatable bonds is 2. The summed E-state index contributed by atoms with van der Waals surface area (Å²) in [4.78, 5) is 10.2. The Hall–Kier alpha value is -0.610. The molecule has 0 aliphatic carbocycles. The predicted octanol–water partition coefficient (Wildman–Crippen LogP) is -0.831. The molecular formula is C5H11NO3. The molecule has 0 fully saturated rings. The fourth-order valence-electron chi connectivity index (χ4n) is 0.179. The lowest BCUT2D eigenvalue weighted by Crippen LogP contribution is -2.53. The summed E-state index contributed by atoms with van der Waals surface area (Å²) in [6.07, 6.45) is -1.03. The van der Waals surface area contributed by atoms with E-state index in [2.05, 4.69) is 0 Å². The maximum absolute atomic E-state index is 10.2. The summed E-state index contributed by atoms with van der Waals surface area (Å²) in [5, 5.41) is 17.1. The highest BCUT2D eigenvalue weighted by Gasteiger charge is 2.33. The van der Waals surface area contributed by atoms with Crippen LogP contribution in [0.1, 0.15) is 13.8 Å². The lowest BCUT2D eigenvalue weighted by atomic mass is 9.98. The number of hydrogen-bond donors (Lipinski definition) is 3. The van der Waals surface area contributed by atoms with Crippen LogP contribution in [0.2, 0.25) is 0 Å². The van der Waals surface area contributed by atoms with Gasteiger partial charge in [0.25, 0.3) is 0 Å². The molecule has 0 spiro atoms. The first-order valence-corrected chi connectivity index (χ1v) is 2.59. The van der Waals surface area contributed by atoms with Gasteiger partial charge in [-0.25, -0.2) is 0 Å². The molecule has 0 aromatic heterocycles. The molecule has 0 rings (SSSR count). The maximum Gasteiger partial charge on any atom is 0.326 e. The SMILES string of the molecule is C[C@@H](O)C(C)(N)C(=O)O. The van der Waals surface area contributed by atoms with Crippen LogP contribution in [0.3, 0.4) is 0 Å². The molecule has 4 N–H and O–H groups in total. The third kappa shape index (κ3) is 1.65.